The van der Waals surface area contributed by atoms with Gasteiger partial charge in [0.1, 0.15) is 11.6 Å². The molecule has 7 heteroatoms. The molecule has 3 aromatic carbocycles. The van der Waals surface area contributed by atoms with Crippen molar-refractivity contribution in [2.75, 3.05) is 10.2 Å². The molecule has 5 nitrogen and oxygen atoms in total. The van der Waals surface area contributed by atoms with Crippen molar-refractivity contribution in [3.8, 4) is 5.75 Å². The summed E-state index contributed by atoms with van der Waals surface area (Å²) in [6.07, 6.45) is -0.688. The quantitative estimate of drug-likeness (QED) is 0.575. The standard InChI is InChI=1S/C23H18BrFN2O3/c1-14-23(29)27(13-16-4-2-3-5-19(16)25)20-12-18(10-11-21(20)30-14)26-22(28)15-6-8-17(24)9-7-15/h2-12,14H,13H2,1H3,(H,26,28). The van der Waals surface area contributed by atoms with E-state index in [0.717, 1.165) is 4.47 Å². The van der Waals surface area contributed by atoms with E-state index in [0.29, 0.717) is 28.3 Å². The number of ether oxygens (including phenoxy) is 1. The largest absolute Gasteiger partial charge is 0.479 e. The second-order valence-electron chi connectivity index (χ2n) is 6.92. The summed E-state index contributed by atoms with van der Waals surface area (Å²) in [5, 5.41) is 2.83. The summed E-state index contributed by atoms with van der Waals surface area (Å²) in [5.74, 6) is -0.438. The Morgan fingerprint density at radius 2 is 1.87 bits per heavy atom. The molecular formula is C23H18BrFN2O3. The van der Waals surface area contributed by atoms with Crippen molar-refractivity contribution in [1.29, 1.82) is 0 Å². The summed E-state index contributed by atoms with van der Waals surface area (Å²) < 4.78 is 20.8. The smallest absolute Gasteiger partial charge is 0.268 e. The van der Waals surface area contributed by atoms with Crippen LogP contribution in [0.15, 0.2) is 71.2 Å². The molecule has 0 fully saturated rings. The van der Waals surface area contributed by atoms with Gasteiger partial charge >= 0.3 is 0 Å². The fraction of sp³-hybridized carbons (Fsp3) is 0.130. The molecule has 2 amide bonds. The Labute approximate surface area is 181 Å². The first-order valence-corrected chi connectivity index (χ1v) is 10.1. The number of anilines is 2. The Morgan fingerprint density at radius 1 is 1.13 bits per heavy atom. The fourth-order valence-electron chi connectivity index (χ4n) is 3.25. The van der Waals surface area contributed by atoms with E-state index in [9.17, 15) is 14.0 Å². The number of amides is 2. The molecule has 1 atom stereocenters. The van der Waals surface area contributed by atoms with Crippen LogP contribution in [0.1, 0.15) is 22.8 Å². The van der Waals surface area contributed by atoms with Crippen molar-refractivity contribution in [3.05, 3.63) is 88.1 Å². The number of halogens is 2. The maximum atomic E-state index is 14.2. The van der Waals surface area contributed by atoms with Crippen molar-refractivity contribution in [2.45, 2.75) is 19.6 Å². The van der Waals surface area contributed by atoms with Gasteiger partial charge in [-0.25, -0.2) is 4.39 Å². The molecule has 152 valence electrons. The monoisotopic (exact) mass is 468 g/mol. The number of hydrogen-bond acceptors (Lipinski definition) is 3. The molecule has 0 aromatic heterocycles. The first-order valence-electron chi connectivity index (χ1n) is 9.35. The molecule has 0 spiro atoms. The Hall–Kier alpha value is -3.19. The summed E-state index contributed by atoms with van der Waals surface area (Å²) >= 11 is 3.34. The molecule has 1 N–H and O–H groups in total. The highest BCUT2D eigenvalue weighted by molar-refractivity contribution is 9.10. The van der Waals surface area contributed by atoms with Crippen molar-refractivity contribution < 1.29 is 18.7 Å². The van der Waals surface area contributed by atoms with Crippen LogP contribution >= 0.6 is 15.9 Å². The van der Waals surface area contributed by atoms with E-state index in [1.807, 2.05) is 0 Å². The molecule has 0 bridgehead atoms. The van der Waals surface area contributed by atoms with Crippen LogP contribution in [-0.4, -0.2) is 17.9 Å². The van der Waals surface area contributed by atoms with Gasteiger partial charge in [0.25, 0.3) is 11.8 Å². The van der Waals surface area contributed by atoms with E-state index in [1.165, 1.54) is 11.0 Å². The summed E-state index contributed by atoms with van der Waals surface area (Å²) in [6.45, 7) is 1.72. The van der Waals surface area contributed by atoms with Crippen LogP contribution in [0.4, 0.5) is 15.8 Å². The third kappa shape index (κ3) is 4.07. The zero-order chi connectivity index (χ0) is 21.3. The lowest BCUT2D eigenvalue weighted by molar-refractivity contribution is -0.125. The lowest BCUT2D eigenvalue weighted by atomic mass is 10.1. The van der Waals surface area contributed by atoms with Crippen molar-refractivity contribution in [2.24, 2.45) is 0 Å². The predicted molar refractivity (Wildman–Crippen MR) is 116 cm³/mol. The number of hydrogen-bond donors (Lipinski definition) is 1. The zero-order valence-corrected chi connectivity index (χ0v) is 17.6. The van der Waals surface area contributed by atoms with E-state index >= 15 is 0 Å². The second-order valence-corrected chi connectivity index (χ2v) is 7.84. The van der Waals surface area contributed by atoms with Crippen LogP contribution in [0.25, 0.3) is 0 Å². The highest BCUT2D eigenvalue weighted by atomic mass is 79.9. The number of rotatable bonds is 4. The molecule has 0 radical (unpaired) electrons. The lowest BCUT2D eigenvalue weighted by Crippen LogP contribution is -2.44. The summed E-state index contributed by atoms with van der Waals surface area (Å²) in [6, 6.07) is 18.4. The van der Waals surface area contributed by atoms with Crippen LogP contribution in [0.2, 0.25) is 0 Å². The Bertz CT molecular complexity index is 1120. The summed E-state index contributed by atoms with van der Waals surface area (Å²) in [7, 11) is 0. The lowest BCUT2D eigenvalue weighted by Gasteiger charge is -2.33. The van der Waals surface area contributed by atoms with Gasteiger partial charge in [0.2, 0.25) is 0 Å². The van der Waals surface area contributed by atoms with E-state index < -0.39 is 6.10 Å². The molecule has 3 aromatic rings. The SMILES string of the molecule is CC1Oc2ccc(NC(=O)c3ccc(Br)cc3)cc2N(Cc2ccccc2F)C1=O. The van der Waals surface area contributed by atoms with E-state index in [4.69, 9.17) is 4.74 Å². The maximum Gasteiger partial charge on any atom is 0.268 e. The Balaban J connectivity index is 1.64. The first kappa shape index (κ1) is 20.1. The molecule has 0 aliphatic carbocycles. The van der Waals surface area contributed by atoms with Crippen LogP contribution < -0.4 is 15.0 Å². The Morgan fingerprint density at radius 3 is 2.60 bits per heavy atom. The molecule has 1 aliphatic heterocycles. The van der Waals surface area contributed by atoms with E-state index in [-0.39, 0.29) is 24.2 Å². The molecule has 0 saturated carbocycles. The number of carbonyl (C=O) groups excluding carboxylic acids is 2. The summed E-state index contributed by atoms with van der Waals surface area (Å²) in [5.41, 5.74) is 1.89. The van der Waals surface area contributed by atoms with Crippen molar-refractivity contribution in [3.63, 3.8) is 0 Å². The fourth-order valence-corrected chi connectivity index (χ4v) is 3.51. The third-order valence-corrected chi connectivity index (χ3v) is 5.35. The Kier molecular flexibility index (Phi) is 5.55. The van der Waals surface area contributed by atoms with Crippen molar-refractivity contribution in [1.82, 2.24) is 0 Å². The number of nitrogens with one attached hydrogen (secondary N) is 1. The third-order valence-electron chi connectivity index (χ3n) is 4.82. The van der Waals surface area contributed by atoms with Gasteiger partial charge in [0.05, 0.1) is 12.2 Å². The second kappa shape index (κ2) is 8.28. The van der Waals surface area contributed by atoms with E-state index in [2.05, 4.69) is 21.2 Å². The number of carbonyl (C=O) groups is 2. The zero-order valence-electron chi connectivity index (χ0n) is 16.1. The molecular weight excluding hydrogens is 451 g/mol. The van der Waals surface area contributed by atoms with Gasteiger partial charge in [0, 0.05) is 21.3 Å². The van der Waals surface area contributed by atoms with Crippen LogP contribution in [-0.2, 0) is 11.3 Å². The number of fused-ring (bicyclic) bond motifs is 1. The van der Waals surface area contributed by atoms with Gasteiger partial charge in [-0.15, -0.1) is 0 Å². The minimum Gasteiger partial charge on any atom is -0.479 e. The minimum absolute atomic E-state index is 0.0658. The molecule has 4 rings (SSSR count). The maximum absolute atomic E-state index is 14.2. The molecule has 1 aliphatic rings. The predicted octanol–water partition coefficient (Wildman–Crippen LogP) is 5.15. The topological polar surface area (TPSA) is 58.6 Å². The van der Waals surface area contributed by atoms with Crippen LogP contribution in [0.3, 0.4) is 0 Å². The minimum atomic E-state index is -0.688. The number of nitrogens with zero attached hydrogens (tertiary/aromatic N) is 1. The van der Waals surface area contributed by atoms with Gasteiger partial charge < -0.3 is 15.0 Å². The van der Waals surface area contributed by atoms with Gasteiger partial charge in [-0.1, -0.05) is 34.1 Å². The van der Waals surface area contributed by atoms with Crippen molar-refractivity contribution >= 4 is 39.1 Å². The first-order chi connectivity index (χ1) is 14.4. The van der Waals surface area contributed by atoms with Gasteiger partial charge in [-0.05, 0) is 55.5 Å². The van der Waals surface area contributed by atoms with Crippen LogP contribution in [0.5, 0.6) is 5.75 Å². The molecule has 0 saturated heterocycles. The highest BCUT2D eigenvalue weighted by Crippen LogP contribution is 2.37. The summed E-state index contributed by atoms with van der Waals surface area (Å²) in [4.78, 5) is 26.8. The average molecular weight is 469 g/mol. The number of benzene rings is 3. The molecule has 30 heavy (non-hydrogen) atoms. The highest BCUT2D eigenvalue weighted by Gasteiger charge is 2.32. The van der Waals surface area contributed by atoms with E-state index in [1.54, 1.807) is 67.6 Å². The van der Waals surface area contributed by atoms with Gasteiger partial charge in [-0.2, -0.15) is 0 Å². The van der Waals surface area contributed by atoms with Gasteiger partial charge in [-0.3, -0.25) is 9.59 Å². The normalized spacial score (nSPS) is 15.4. The molecule has 1 heterocycles. The average Bonchev–Trinajstić information content (AvgIpc) is 2.73. The van der Waals surface area contributed by atoms with Crippen LogP contribution in [0, 0.1) is 5.82 Å². The van der Waals surface area contributed by atoms with Gasteiger partial charge in [0.15, 0.2) is 6.10 Å². The molecule has 1 unspecified atom stereocenters.